The Labute approximate surface area is 197 Å². The molecule has 1 aliphatic rings. The van der Waals surface area contributed by atoms with Crippen LogP contribution in [0.2, 0.25) is 0 Å². The van der Waals surface area contributed by atoms with E-state index in [0.717, 1.165) is 29.7 Å². The Kier molecular flexibility index (Phi) is 6.12. The Bertz CT molecular complexity index is 1420. The van der Waals surface area contributed by atoms with Crippen LogP contribution in [-0.2, 0) is 16.6 Å². The van der Waals surface area contributed by atoms with Crippen molar-refractivity contribution < 1.29 is 17.7 Å². The number of carbonyl (C=O) groups excluding carboxylic acids is 1. The van der Waals surface area contributed by atoms with Crippen molar-refractivity contribution in [3.8, 4) is 11.3 Å². The summed E-state index contributed by atoms with van der Waals surface area (Å²) in [7, 11) is -3.56. The number of hydrogen-bond donors (Lipinski definition) is 2. The maximum absolute atomic E-state index is 13.2. The predicted octanol–water partition coefficient (Wildman–Crippen LogP) is 3.62. The normalized spacial score (nSPS) is 13.8. The van der Waals surface area contributed by atoms with Crippen LogP contribution in [0.15, 0.2) is 71.3 Å². The van der Waals surface area contributed by atoms with E-state index in [2.05, 4.69) is 20.2 Å². The van der Waals surface area contributed by atoms with E-state index in [1.807, 2.05) is 60.7 Å². The zero-order valence-corrected chi connectivity index (χ0v) is 19.2. The van der Waals surface area contributed by atoms with E-state index in [-0.39, 0.29) is 24.7 Å². The molecule has 0 atom stereocenters. The first kappa shape index (κ1) is 22.2. The average molecular weight is 477 g/mol. The Hall–Kier alpha value is -3.56. The van der Waals surface area contributed by atoms with Gasteiger partial charge in [-0.3, -0.25) is 4.79 Å². The van der Waals surface area contributed by atoms with Crippen LogP contribution in [0, 0.1) is 0 Å². The van der Waals surface area contributed by atoms with Gasteiger partial charge in [0.25, 0.3) is 11.6 Å². The van der Waals surface area contributed by atoms with E-state index in [0.29, 0.717) is 28.3 Å². The molecule has 4 aromatic rings. The third kappa shape index (κ3) is 5.00. The third-order valence-electron chi connectivity index (χ3n) is 5.75. The number of nitrogens with zero attached hydrogens (tertiary/aromatic N) is 2. The van der Waals surface area contributed by atoms with Crippen molar-refractivity contribution in [3.63, 3.8) is 0 Å². The minimum atomic E-state index is -3.56. The van der Waals surface area contributed by atoms with Crippen molar-refractivity contribution in [1.29, 1.82) is 0 Å². The van der Waals surface area contributed by atoms with Gasteiger partial charge in [0, 0.05) is 30.3 Å². The van der Waals surface area contributed by atoms with Gasteiger partial charge in [0.1, 0.15) is 5.69 Å². The average Bonchev–Trinajstić information content (AvgIpc) is 3.62. The smallest absolute Gasteiger partial charge is 0.259 e. The van der Waals surface area contributed by atoms with E-state index in [4.69, 9.17) is 4.52 Å². The van der Waals surface area contributed by atoms with Crippen LogP contribution in [0.4, 0.5) is 0 Å². The van der Waals surface area contributed by atoms with Gasteiger partial charge < -0.3 is 9.84 Å². The van der Waals surface area contributed by atoms with Crippen LogP contribution in [0.25, 0.3) is 22.4 Å². The van der Waals surface area contributed by atoms with Gasteiger partial charge in [-0.15, -0.1) is 0 Å². The zero-order valence-electron chi connectivity index (χ0n) is 18.4. The van der Waals surface area contributed by atoms with Crippen LogP contribution in [0.3, 0.4) is 0 Å². The van der Waals surface area contributed by atoms with Crippen LogP contribution >= 0.6 is 0 Å². The largest absolute Gasteiger partial charge is 0.351 e. The summed E-state index contributed by atoms with van der Waals surface area (Å²) in [5, 5.41) is 7.45. The quantitative estimate of drug-likeness (QED) is 0.381. The molecule has 9 heteroatoms. The fourth-order valence-corrected chi connectivity index (χ4v) is 4.69. The van der Waals surface area contributed by atoms with Gasteiger partial charge in [0.05, 0.1) is 16.7 Å². The molecule has 1 fully saturated rings. The topological polar surface area (TPSA) is 114 Å². The molecular formula is C25H24N4O4S. The van der Waals surface area contributed by atoms with Crippen LogP contribution in [-0.4, -0.2) is 36.8 Å². The van der Waals surface area contributed by atoms with Gasteiger partial charge in [-0.25, -0.2) is 18.1 Å². The second kappa shape index (κ2) is 9.36. The molecule has 0 bridgehead atoms. The highest BCUT2D eigenvalue weighted by Gasteiger charge is 2.29. The molecule has 0 unspecified atom stereocenters. The van der Waals surface area contributed by atoms with Crippen LogP contribution < -0.4 is 10.0 Å². The van der Waals surface area contributed by atoms with Crippen molar-refractivity contribution in [2.75, 3.05) is 12.3 Å². The first-order valence-electron chi connectivity index (χ1n) is 11.2. The summed E-state index contributed by atoms with van der Waals surface area (Å²) < 4.78 is 32.8. The highest BCUT2D eigenvalue weighted by molar-refractivity contribution is 7.89. The maximum atomic E-state index is 13.2. The van der Waals surface area contributed by atoms with Gasteiger partial charge in [-0.1, -0.05) is 65.8 Å². The van der Waals surface area contributed by atoms with Gasteiger partial charge >= 0.3 is 0 Å². The molecule has 5 rings (SSSR count). The summed E-state index contributed by atoms with van der Waals surface area (Å²) in [6.07, 6.45) is 2.04. The van der Waals surface area contributed by atoms with E-state index >= 15 is 0 Å². The standard InChI is InChI=1S/C25H24N4O4S/c30-24(26-13-14-34(31,32)27-16-17-7-3-1-4-8-17)20-15-21(18-11-12-18)28-25-22(20)23(29-33-25)19-9-5-2-6-10-19/h1-10,15,18,27H,11-14,16H2,(H,26,30). The summed E-state index contributed by atoms with van der Waals surface area (Å²) in [5.74, 6) is -0.304. The Morgan fingerprint density at radius 3 is 2.44 bits per heavy atom. The Morgan fingerprint density at radius 2 is 1.74 bits per heavy atom. The number of rotatable bonds is 9. The molecule has 1 saturated carbocycles. The predicted molar refractivity (Wildman–Crippen MR) is 129 cm³/mol. The fraction of sp³-hybridized carbons (Fsp3) is 0.240. The SMILES string of the molecule is O=C(NCCS(=O)(=O)NCc1ccccc1)c1cc(C2CC2)nc2onc(-c3ccccc3)c12. The lowest BCUT2D eigenvalue weighted by molar-refractivity contribution is 0.0957. The summed E-state index contributed by atoms with van der Waals surface area (Å²) in [6, 6.07) is 20.5. The molecular weight excluding hydrogens is 452 g/mol. The van der Waals surface area contributed by atoms with Crippen molar-refractivity contribution >= 4 is 27.0 Å². The summed E-state index contributed by atoms with van der Waals surface area (Å²) in [4.78, 5) is 17.8. The highest BCUT2D eigenvalue weighted by atomic mass is 32.2. The van der Waals surface area contributed by atoms with E-state index in [9.17, 15) is 13.2 Å². The molecule has 2 N–H and O–H groups in total. The molecule has 174 valence electrons. The van der Waals surface area contributed by atoms with Crippen molar-refractivity contribution in [2.45, 2.75) is 25.3 Å². The second-order valence-electron chi connectivity index (χ2n) is 8.33. The fourth-order valence-electron chi connectivity index (χ4n) is 3.79. The number of aromatic nitrogens is 2. The number of benzene rings is 2. The lowest BCUT2D eigenvalue weighted by Crippen LogP contribution is -2.34. The first-order valence-corrected chi connectivity index (χ1v) is 12.8. The minimum absolute atomic E-state index is 0.0303. The van der Waals surface area contributed by atoms with E-state index in [1.165, 1.54) is 0 Å². The van der Waals surface area contributed by atoms with Gasteiger partial charge in [-0.05, 0) is 24.5 Å². The molecule has 34 heavy (non-hydrogen) atoms. The summed E-state index contributed by atoms with van der Waals surface area (Å²) in [6.45, 7) is 0.172. The van der Waals surface area contributed by atoms with Gasteiger partial charge in [-0.2, -0.15) is 0 Å². The molecule has 0 aliphatic heterocycles. The summed E-state index contributed by atoms with van der Waals surface area (Å²) >= 11 is 0. The summed E-state index contributed by atoms with van der Waals surface area (Å²) in [5.41, 5.74) is 3.71. The number of nitrogens with one attached hydrogen (secondary N) is 2. The molecule has 2 aromatic heterocycles. The number of carbonyl (C=O) groups is 1. The second-order valence-corrected chi connectivity index (χ2v) is 10.3. The molecule has 2 heterocycles. The van der Waals surface area contributed by atoms with E-state index in [1.54, 1.807) is 6.07 Å². The number of pyridine rings is 1. The molecule has 0 radical (unpaired) electrons. The molecule has 0 spiro atoms. The Morgan fingerprint density at radius 1 is 1.03 bits per heavy atom. The molecule has 8 nitrogen and oxygen atoms in total. The number of amides is 1. The molecule has 1 aliphatic carbocycles. The Balaban J connectivity index is 1.33. The highest BCUT2D eigenvalue weighted by Crippen LogP contribution is 2.41. The molecule has 1 amide bonds. The monoisotopic (exact) mass is 476 g/mol. The number of fused-ring (bicyclic) bond motifs is 1. The number of sulfonamides is 1. The zero-order chi connectivity index (χ0) is 23.5. The lowest BCUT2D eigenvalue weighted by atomic mass is 10.0. The van der Waals surface area contributed by atoms with Gasteiger partial charge in [0.2, 0.25) is 10.0 Å². The third-order valence-corrected chi connectivity index (χ3v) is 7.07. The van der Waals surface area contributed by atoms with Crippen molar-refractivity contribution in [2.24, 2.45) is 0 Å². The van der Waals surface area contributed by atoms with Crippen LogP contribution in [0.1, 0.15) is 40.4 Å². The molecule has 0 saturated heterocycles. The van der Waals surface area contributed by atoms with Crippen LogP contribution in [0.5, 0.6) is 0 Å². The lowest BCUT2D eigenvalue weighted by Gasteiger charge is -2.10. The number of hydrogen-bond acceptors (Lipinski definition) is 6. The van der Waals surface area contributed by atoms with Crippen molar-refractivity contribution in [3.05, 3.63) is 83.6 Å². The molecule has 2 aromatic carbocycles. The van der Waals surface area contributed by atoms with E-state index < -0.39 is 10.0 Å². The van der Waals surface area contributed by atoms with Crippen molar-refractivity contribution in [1.82, 2.24) is 20.2 Å². The maximum Gasteiger partial charge on any atom is 0.259 e. The minimum Gasteiger partial charge on any atom is -0.351 e. The first-order chi connectivity index (χ1) is 16.5. The van der Waals surface area contributed by atoms with Gasteiger partial charge in [0.15, 0.2) is 0 Å².